The van der Waals surface area contributed by atoms with Crippen LogP contribution >= 0.6 is 11.6 Å². The summed E-state index contributed by atoms with van der Waals surface area (Å²) in [5.74, 6) is -0.0598. The van der Waals surface area contributed by atoms with Gasteiger partial charge in [-0.05, 0) is 55.2 Å². The number of guanidine groups is 1. The number of hydrogen-bond donors (Lipinski definition) is 2. The van der Waals surface area contributed by atoms with Gasteiger partial charge < -0.3 is 20.5 Å². The number of aliphatic imine (C=N–C) groups is 1. The molecule has 1 atom stereocenters. The number of aromatic nitrogens is 4. The molecule has 4 aromatic rings. The molecule has 5 rings (SSSR count). The zero-order valence-electron chi connectivity index (χ0n) is 24.9. The Bertz CT molecular complexity index is 1730. The highest BCUT2D eigenvalue weighted by atomic mass is 35.5. The Morgan fingerprint density at radius 2 is 1.93 bits per heavy atom. The molecular formula is C31H31ClF2N8O4. The molecule has 0 unspecified atom stereocenters. The first kappa shape index (κ1) is 32.3. The van der Waals surface area contributed by atoms with E-state index in [9.17, 15) is 18.4 Å². The largest absolute Gasteiger partial charge is 0.481 e. The van der Waals surface area contributed by atoms with Gasteiger partial charge in [0.05, 0.1) is 24.4 Å². The third kappa shape index (κ3) is 7.57. The van der Waals surface area contributed by atoms with Crippen LogP contribution in [0.4, 0.5) is 13.6 Å². The van der Waals surface area contributed by atoms with Crippen molar-refractivity contribution in [1.29, 1.82) is 0 Å². The molecule has 2 heterocycles. The minimum atomic E-state index is -2.78. The number of hydrogen-bond acceptors (Lipinski definition) is 8. The maximum Gasteiger partial charge on any atom is 0.407 e. The van der Waals surface area contributed by atoms with Crippen molar-refractivity contribution in [1.82, 2.24) is 30.0 Å². The van der Waals surface area contributed by atoms with Crippen LogP contribution in [0, 0.1) is 0 Å². The molecule has 0 saturated heterocycles. The van der Waals surface area contributed by atoms with Crippen LogP contribution < -0.4 is 15.8 Å². The van der Waals surface area contributed by atoms with E-state index < -0.39 is 24.6 Å². The Kier molecular flexibility index (Phi) is 10.1. The van der Waals surface area contributed by atoms with Crippen LogP contribution in [0.25, 0.3) is 22.5 Å². The van der Waals surface area contributed by atoms with E-state index in [0.717, 1.165) is 12.8 Å². The van der Waals surface area contributed by atoms with E-state index in [4.69, 9.17) is 26.8 Å². The average Bonchev–Trinajstić information content (AvgIpc) is 3.73. The number of alkyl halides is 2. The van der Waals surface area contributed by atoms with Gasteiger partial charge >= 0.3 is 12.6 Å². The summed E-state index contributed by atoms with van der Waals surface area (Å²) in [6.45, 7) is -1.03. The molecular weight excluding hydrogens is 622 g/mol. The molecule has 0 aliphatic heterocycles. The number of methoxy groups -OCH3 is 1. The van der Waals surface area contributed by atoms with Crippen molar-refractivity contribution >= 4 is 29.6 Å². The number of rotatable bonds is 11. The number of amides is 2. The zero-order chi connectivity index (χ0) is 32.8. The van der Waals surface area contributed by atoms with Gasteiger partial charge in [-0.3, -0.25) is 14.7 Å². The molecule has 0 bridgehead atoms. The lowest BCUT2D eigenvalue weighted by molar-refractivity contribution is 0.0566. The quantitative estimate of drug-likeness (QED) is 0.160. The Morgan fingerprint density at radius 3 is 2.59 bits per heavy atom. The minimum absolute atomic E-state index is 0.0501. The lowest BCUT2D eigenvalue weighted by Crippen LogP contribution is -2.46. The molecule has 15 heteroatoms. The van der Waals surface area contributed by atoms with Crippen molar-refractivity contribution in [3.63, 3.8) is 0 Å². The highest BCUT2D eigenvalue weighted by molar-refractivity contribution is 6.33. The van der Waals surface area contributed by atoms with Gasteiger partial charge in [-0.15, -0.1) is 0 Å². The molecule has 0 radical (unpaired) electrons. The second-order valence-corrected chi connectivity index (χ2v) is 10.7. The van der Waals surface area contributed by atoms with E-state index in [1.54, 1.807) is 55.5 Å². The molecule has 46 heavy (non-hydrogen) atoms. The number of benzene rings is 2. The predicted molar refractivity (Wildman–Crippen MR) is 167 cm³/mol. The second-order valence-electron chi connectivity index (χ2n) is 10.3. The number of carbonyl (C=O) groups excluding carboxylic acids is 2. The monoisotopic (exact) mass is 652 g/mol. The van der Waals surface area contributed by atoms with Gasteiger partial charge in [0.2, 0.25) is 5.88 Å². The molecule has 2 aromatic carbocycles. The van der Waals surface area contributed by atoms with Crippen molar-refractivity contribution < 1.29 is 27.8 Å². The van der Waals surface area contributed by atoms with E-state index in [2.05, 4.69) is 25.4 Å². The molecule has 1 aliphatic rings. The normalized spacial score (nSPS) is 13.7. The average molecular weight is 653 g/mol. The summed E-state index contributed by atoms with van der Waals surface area (Å²) in [7, 11) is 1.48. The van der Waals surface area contributed by atoms with Crippen LogP contribution in [0.2, 0.25) is 5.02 Å². The first-order valence-electron chi connectivity index (χ1n) is 14.3. The van der Waals surface area contributed by atoms with Crippen molar-refractivity contribution in [2.45, 2.75) is 38.4 Å². The zero-order valence-corrected chi connectivity index (χ0v) is 25.7. The fraction of sp³-hybridized carbons (Fsp3) is 0.290. The van der Waals surface area contributed by atoms with Crippen LogP contribution in [0.5, 0.6) is 5.88 Å². The predicted octanol–water partition coefficient (Wildman–Crippen LogP) is 5.47. The highest BCUT2D eigenvalue weighted by Crippen LogP contribution is 2.33. The summed E-state index contributed by atoms with van der Waals surface area (Å²) in [6, 6.07) is 12.0. The SMILES string of the molecule is CCN=C(N)N(C(=O)c1ccc(-c2cnn(C(F)F)c2)cc1)[C@H](COC(=O)NC1CC1)c1ccc(Cl)c(-c2nccc(OC)n2)c1. The van der Waals surface area contributed by atoms with Gasteiger partial charge in [0.25, 0.3) is 5.91 Å². The highest BCUT2D eigenvalue weighted by Gasteiger charge is 2.32. The van der Waals surface area contributed by atoms with Gasteiger partial charge in [-0.25, -0.2) is 14.5 Å². The second kappa shape index (κ2) is 14.3. The van der Waals surface area contributed by atoms with E-state index in [-0.39, 0.29) is 36.5 Å². The number of nitrogens with zero attached hydrogens (tertiary/aromatic N) is 6. The molecule has 2 aromatic heterocycles. The third-order valence-electron chi connectivity index (χ3n) is 7.09. The fourth-order valence-corrected chi connectivity index (χ4v) is 4.80. The number of halogens is 3. The van der Waals surface area contributed by atoms with Gasteiger partial charge in [-0.1, -0.05) is 29.8 Å². The summed E-state index contributed by atoms with van der Waals surface area (Å²) in [4.78, 5) is 41.0. The van der Waals surface area contributed by atoms with Crippen molar-refractivity contribution in [2.24, 2.45) is 10.7 Å². The van der Waals surface area contributed by atoms with Crippen LogP contribution in [0.1, 0.15) is 48.3 Å². The lowest BCUT2D eigenvalue weighted by Gasteiger charge is -2.31. The lowest BCUT2D eigenvalue weighted by atomic mass is 10.0. The number of carbonyl (C=O) groups is 2. The third-order valence-corrected chi connectivity index (χ3v) is 7.42. The Morgan fingerprint density at radius 1 is 1.17 bits per heavy atom. The summed E-state index contributed by atoms with van der Waals surface area (Å²) in [5.41, 5.74) is 8.61. The van der Waals surface area contributed by atoms with E-state index in [1.807, 2.05) is 0 Å². The molecule has 1 saturated carbocycles. The number of nitrogens with two attached hydrogens (primary N) is 1. The molecule has 0 spiro atoms. The fourth-order valence-electron chi connectivity index (χ4n) is 4.60. The first-order valence-corrected chi connectivity index (χ1v) is 14.7. The van der Waals surface area contributed by atoms with Gasteiger partial charge in [0, 0.05) is 47.7 Å². The summed E-state index contributed by atoms with van der Waals surface area (Å²) < 4.78 is 37.5. The van der Waals surface area contributed by atoms with Crippen molar-refractivity contribution in [3.8, 4) is 28.4 Å². The van der Waals surface area contributed by atoms with Crippen LogP contribution in [0.15, 0.2) is 72.1 Å². The molecule has 240 valence electrons. The number of alkyl carbamates (subject to hydrolysis) is 1. The minimum Gasteiger partial charge on any atom is -0.481 e. The summed E-state index contributed by atoms with van der Waals surface area (Å²) in [5, 5.41) is 6.77. The number of nitrogens with one attached hydrogen (secondary N) is 1. The molecule has 2 amide bonds. The molecule has 12 nitrogen and oxygen atoms in total. The van der Waals surface area contributed by atoms with Gasteiger partial charge in [0.1, 0.15) is 6.61 Å². The summed E-state index contributed by atoms with van der Waals surface area (Å²) >= 11 is 6.56. The molecule has 3 N–H and O–H groups in total. The van der Waals surface area contributed by atoms with Crippen LogP contribution in [-0.4, -0.2) is 68.9 Å². The van der Waals surface area contributed by atoms with E-state index in [0.29, 0.717) is 37.8 Å². The standard InChI is InChI=1S/C31H31ClF2N8O4/c1-3-36-30(35)42(28(43)19-6-4-18(5-7-19)21-15-38-41(16-21)29(33)34)25(17-46-31(44)39-22-9-10-22)20-8-11-24(32)23(14-20)27-37-13-12-26(40-27)45-2/h4-8,11-16,22,25,29H,3,9-10,17H2,1-2H3,(H2,35,36)(H,39,44)/t25-/m1/s1. The smallest absolute Gasteiger partial charge is 0.407 e. The maximum absolute atomic E-state index is 14.2. The van der Waals surface area contributed by atoms with E-state index >= 15 is 0 Å². The Labute approximate surface area is 268 Å². The Balaban J connectivity index is 1.53. The maximum atomic E-state index is 14.2. The summed E-state index contributed by atoms with van der Waals surface area (Å²) in [6.07, 6.45) is 5.13. The van der Waals surface area contributed by atoms with Crippen LogP contribution in [0.3, 0.4) is 0 Å². The Hall–Kier alpha value is -5.11. The molecule has 1 aliphatic carbocycles. The van der Waals surface area contributed by atoms with E-state index in [1.165, 1.54) is 30.6 Å². The van der Waals surface area contributed by atoms with Gasteiger partial charge in [-0.2, -0.15) is 18.9 Å². The van der Waals surface area contributed by atoms with Gasteiger partial charge in [0.15, 0.2) is 11.8 Å². The van der Waals surface area contributed by atoms with Crippen molar-refractivity contribution in [2.75, 3.05) is 20.3 Å². The number of ether oxygens (including phenoxy) is 2. The van der Waals surface area contributed by atoms with Crippen molar-refractivity contribution in [3.05, 3.63) is 83.3 Å². The topological polar surface area (TPSA) is 150 Å². The molecule has 1 fully saturated rings. The van der Waals surface area contributed by atoms with Crippen LogP contribution in [-0.2, 0) is 4.74 Å². The first-order chi connectivity index (χ1) is 22.2.